The normalized spacial score (nSPS) is 11.1. The van der Waals surface area contributed by atoms with Gasteiger partial charge in [0.25, 0.3) is 0 Å². The first-order valence-electron chi connectivity index (χ1n) is 11.3. The molecule has 3 aromatic heterocycles. The smallest absolute Gasteiger partial charge is 0.337 e. The Balaban J connectivity index is 1.78. The van der Waals surface area contributed by atoms with Crippen molar-refractivity contribution in [3.05, 3.63) is 77.2 Å². The number of hydrogen-bond acceptors (Lipinski definition) is 9. The van der Waals surface area contributed by atoms with E-state index in [1.165, 1.54) is 35.1 Å². The molecule has 3 heterocycles. The number of ketones is 1. The Labute approximate surface area is 215 Å². The Morgan fingerprint density at radius 2 is 1.92 bits per heavy atom. The molecular formula is C27H22N2O7S. The SMILES string of the molecule is CCOc1ccc2nc(-n3c(O)c(O)c(C(=O)c4ccc(C)o4)c3-c3cccc(C(=O)OC)c3)sc2c1. The maximum absolute atomic E-state index is 13.5. The van der Waals surface area contributed by atoms with Crippen LogP contribution in [0.1, 0.15) is 39.2 Å². The number of nitrogens with zero attached hydrogens (tertiary/aromatic N) is 2. The second-order valence-corrected chi connectivity index (χ2v) is 9.11. The van der Waals surface area contributed by atoms with Gasteiger partial charge in [-0.3, -0.25) is 9.36 Å². The predicted octanol–water partition coefficient (Wildman–Crippen LogP) is 5.48. The summed E-state index contributed by atoms with van der Waals surface area (Å²) < 4.78 is 18.0. The summed E-state index contributed by atoms with van der Waals surface area (Å²) >= 11 is 1.24. The highest BCUT2D eigenvalue weighted by Crippen LogP contribution is 2.45. The third kappa shape index (κ3) is 4.21. The molecule has 0 aliphatic rings. The average molecular weight is 519 g/mol. The van der Waals surface area contributed by atoms with Gasteiger partial charge in [0.15, 0.2) is 16.6 Å². The Morgan fingerprint density at radius 3 is 2.62 bits per heavy atom. The van der Waals surface area contributed by atoms with Crippen LogP contribution < -0.4 is 4.74 Å². The van der Waals surface area contributed by atoms with Crippen molar-refractivity contribution in [2.24, 2.45) is 0 Å². The maximum atomic E-state index is 13.5. The number of aromatic hydroxyl groups is 2. The van der Waals surface area contributed by atoms with Gasteiger partial charge in [0.05, 0.1) is 40.8 Å². The van der Waals surface area contributed by atoms with Gasteiger partial charge in [0.2, 0.25) is 11.7 Å². The third-order valence-corrected chi connectivity index (χ3v) is 6.72. The largest absolute Gasteiger partial charge is 0.503 e. The molecule has 0 spiro atoms. The predicted molar refractivity (Wildman–Crippen MR) is 137 cm³/mol. The van der Waals surface area contributed by atoms with Crippen LogP contribution >= 0.6 is 11.3 Å². The molecule has 2 aromatic carbocycles. The number of furan rings is 1. The second kappa shape index (κ2) is 9.47. The number of benzene rings is 2. The second-order valence-electron chi connectivity index (χ2n) is 8.10. The minimum atomic E-state index is -0.641. The fourth-order valence-electron chi connectivity index (χ4n) is 4.06. The zero-order chi connectivity index (χ0) is 26.3. The summed E-state index contributed by atoms with van der Waals surface area (Å²) in [6.45, 7) is 4.08. The van der Waals surface area contributed by atoms with Crippen molar-refractivity contribution in [1.29, 1.82) is 0 Å². The van der Waals surface area contributed by atoms with Crippen molar-refractivity contribution in [1.82, 2.24) is 9.55 Å². The van der Waals surface area contributed by atoms with Gasteiger partial charge < -0.3 is 24.1 Å². The van der Waals surface area contributed by atoms with Crippen LogP contribution in [0.15, 0.2) is 59.0 Å². The number of carbonyl (C=O) groups excluding carboxylic acids is 2. The first-order chi connectivity index (χ1) is 17.8. The van der Waals surface area contributed by atoms with E-state index in [9.17, 15) is 19.8 Å². The number of ether oxygens (including phenoxy) is 2. The van der Waals surface area contributed by atoms with Gasteiger partial charge in [-0.15, -0.1) is 0 Å². The molecule has 0 bridgehead atoms. The molecule has 0 radical (unpaired) electrons. The van der Waals surface area contributed by atoms with Gasteiger partial charge in [0.1, 0.15) is 11.5 Å². The van der Waals surface area contributed by atoms with E-state index >= 15 is 0 Å². The molecule has 0 aliphatic heterocycles. The van der Waals surface area contributed by atoms with Crippen molar-refractivity contribution in [2.75, 3.05) is 13.7 Å². The molecule has 188 valence electrons. The first kappa shape index (κ1) is 24.1. The summed E-state index contributed by atoms with van der Waals surface area (Å²) in [4.78, 5) is 30.4. The van der Waals surface area contributed by atoms with E-state index in [2.05, 4.69) is 4.98 Å². The van der Waals surface area contributed by atoms with Crippen molar-refractivity contribution in [3.8, 4) is 33.8 Å². The number of hydrogen-bond donors (Lipinski definition) is 2. The van der Waals surface area contributed by atoms with Gasteiger partial charge in [-0.05, 0) is 56.3 Å². The number of carbonyl (C=O) groups is 2. The molecule has 0 saturated carbocycles. The zero-order valence-corrected chi connectivity index (χ0v) is 21.0. The molecule has 0 unspecified atom stereocenters. The molecular weight excluding hydrogens is 496 g/mol. The summed E-state index contributed by atoms with van der Waals surface area (Å²) in [6.07, 6.45) is 0. The van der Waals surface area contributed by atoms with Crippen molar-refractivity contribution in [3.63, 3.8) is 0 Å². The van der Waals surface area contributed by atoms with Crippen molar-refractivity contribution < 1.29 is 33.7 Å². The lowest BCUT2D eigenvalue weighted by atomic mass is 10.0. The van der Waals surface area contributed by atoms with Crippen LogP contribution in [-0.2, 0) is 4.74 Å². The van der Waals surface area contributed by atoms with Gasteiger partial charge in [-0.2, -0.15) is 0 Å². The van der Waals surface area contributed by atoms with Gasteiger partial charge >= 0.3 is 5.97 Å². The number of fused-ring (bicyclic) bond motifs is 1. The zero-order valence-electron chi connectivity index (χ0n) is 20.1. The monoisotopic (exact) mass is 518 g/mol. The van der Waals surface area contributed by atoms with Crippen molar-refractivity contribution >= 4 is 33.3 Å². The highest BCUT2D eigenvalue weighted by Gasteiger charge is 2.32. The quantitative estimate of drug-likeness (QED) is 0.214. The summed E-state index contributed by atoms with van der Waals surface area (Å²) in [5.41, 5.74) is 1.19. The summed E-state index contributed by atoms with van der Waals surface area (Å²) in [6, 6.07) is 14.9. The highest BCUT2D eigenvalue weighted by atomic mass is 32.1. The lowest BCUT2D eigenvalue weighted by molar-refractivity contribution is 0.0600. The molecule has 10 heteroatoms. The van der Waals surface area contributed by atoms with E-state index < -0.39 is 23.4 Å². The van der Waals surface area contributed by atoms with Gasteiger partial charge in [-0.25, -0.2) is 9.78 Å². The number of aromatic nitrogens is 2. The molecule has 5 rings (SSSR count). The Morgan fingerprint density at radius 1 is 1.11 bits per heavy atom. The molecule has 2 N–H and O–H groups in total. The van der Waals surface area contributed by atoms with Crippen LogP contribution in [0.2, 0.25) is 0 Å². The Kier molecular flexibility index (Phi) is 6.18. The molecule has 0 atom stereocenters. The Bertz CT molecular complexity index is 1660. The molecule has 5 aromatic rings. The van der Waals surface area contributed by atoms with E-state index in [-0.39, 0.29) is 22.6 Å². The van der Waals surface area contributed by atoms with E-state index in [1.807, 2.05) is 13.0 Å². The molecule has 0 saturated heterocycles. The van der Waals surface area contributed by atoms with Gasteiger partial charge in [-0.1, -0.05) is 23.5 Å². The maximum Gasteiger partial charge on any atom is 0.337 e. The lowest BCUT2D eigenvalue weighted by Crippen LogP contribution is -2.05. The summed E-state index contributed by atoms with van der Waals surface area (Å²) in [7, 11) is 1.27. The van der Waals surface area contributed by atoms with Crippen molar-refractivity contribution in [2.45, 2.75) is 13.8 Å². The fourth-order valence-corrected chi connectivity index (χ4v) is 5.06. The van der Waals surface area contributed by atoms with E-state index in [4.69, 9.17) is 13.9 Å². The minimum absolute atomic E-state index is 0.0130. The first-order valence-corrected chi connectivity index (χ1v) is 12.1. The third-order valence-electron chi connectivity index (χ3n) is 5.72. The van der Waals surface area contributed by atoms with Crippen LogP contribution in [0.3, 0.4) is 0 Å². The lowest BCUT2D eigenvalue weighted by Gasteiger charge is -2.10. The van der Waals surface area contributed by atoms with Crippen LogP contribution in [0.5, 0.6) is 17.4 Å². The van der Waals surface area contributed by atoms with Crippen LogP contribution in [0, 0.1) is 6.92 Å². The fraction of sp³-hybridized carbons (Fsp3) is 0.148. The molecule has 37 heavy (non-hydrogen) atoms. The number of methoxy groups -OCH3 is 1. The standard InChI is InChI=1S/C27H22N2O7S/c1-4-35-17-9-10-18-20(13-17)37-27(28-18)29-22(15-6-5-7-16(12-15)26(33)34-3)21(24(31)25(29)32)23(30)19-11-8-14(2)36-19/h5-13,31-32H,4H2,1-3H3. The average Bonchev–Trinajstić information content (AvgIpc) is 3.59. The molecule has 0 amide bonds. The summed E-state index contributed by atoms with van der Waals surface area (Å²) in [5, 5.41) is 22.4. The van der Waals surface area contributed by atoms with E-state index in [1.54, 1.807) is 43.3 Å². The number of aryl methyl sites for hydroxylation is 1. The molecule has 0 fully saturated rings. The minimum Gasteiger partial charge on any atom is -0.503 e. The van der Waals surface area contributed by atoms with Gasteiger partial charge in [0, 0.05) is 5.56 Å². The Hall–Kier alpha value is -4.57. The van der Waals surface area contributed by atoms with E-state index in [0.29, 0.717) is 34.3 Å². The summed E-state index contributed by atoms with van der Waals surface area (Å²) in [5.74, 6) is -1.26. The number of thiazole rings is 1. The highest BCUT2D eigenvalue weighted by molar-refractivity contribution is 7.20. The van der Waals surface area contributed by atoms with Crippen LogP contribution in [-0.4, -0.2) is 45.2 Å². The van der Waals surface area contributed by atoms with Crippen LogP contribution in [0.25, 0.3) is 26.6 Å². The number of rotatable bonds is 7. The van der Waals surface area contributed by atoms with E-state index in [0.717, 1.165) is 4.70 Å². The topological polar surface area (TPSA) is 124 Å². The molecule has 0 aliphatic carbocycles. The molecule has 9 nitrogen and oxygen atoms in total. The van der Waals surface area contributed by atoms with Crippen LogP contribution in [0.4, 0.5) is 0 Å². The number of esters is 1.